The maximum absolute atomic E-state index is 12.9. The standard InChI is InChI=1S/C20H23N5O/c1-14-5-6-16(13-22-14)17-12-18(24-23-17)20(26)15-7-10-25(11-8-15)19-4-2-3-9-21-19/h2-6,9,13,15,17,23H,7-8,10-12H2,1H3. The molecule has 0 saturated carbocycles. The Balaban J connectivity index is 1.34. The van der Waals surface area contributed by atoms with E-state index in [1.807, 2.05) is 49.6 Å². The molecule has 0 radical (unpaired) electrons. The van der Waals surface area contributed by atoms with Crippen LogP contribution in [0.25, 0.3) is 0 Å². The van der Waals surface area contributed by atoms with Gasteiger partial charge in [0.05, 0.1) is 6.04 Å². The van der Waals surface area contributed by atoms with Crippen LogP contribution in [-0.2, 0) is 4.79 Å². The predicted octanol–water partition coefficient (Wildman–Crippen LogP) is 2.66. The maximum Gasteiger partial charge on any atom is 0.182 e. The predicted molar refractivity (Wildman–Crippen MR) is 101 cm³/mol. The van der Waals surface area contributed by atoms with E-state index in [0.717, 1.165) is 43.0 Å². The van der Waals surface area contributed by atoms with Gasteiger partial charge < -0.3 is 10.3 Å². The molecule has 1 fully saturated rings. The van der Waals surface area contributed by atoms with Gasteiger partial charge in [-0.2, -0.15) is 5.10 Å². The molecule has 1 unspecified atom stereocenters. The molecule has 134 valence electrons. The van der Waals surface area contributed by atoms with Gasteiger partial charge in [0.1, 0.15) is 11.5 Å². The van der Waals surface area contributed by atoms with Gasteiger partial charge in [0, 0.05) is 43.5 Å². The molecule has 2 aliphatic heterocycles. The number of carbonyl (C=O) groups excluding carboxylic acids is 1. The number of aryl methyl sites for hydroxylation is 1. The highest BCUT2D eigenvalue weighted by molar-refractivity contribution is 6.41. The van der Waals surface area contributed by atoms with E-state index in [-0.39, 0.29) is 17.7 Å². The molecule has 26 heavy (non-hydrogen) atoms. The zero-order chi connectivity index (χ0) is 17.9. The third kappa shape index (κ3) is 3.45. The van der Waals surface area contributed by atoms with E-state index in [4.69, 9.17) is 0 Å². The van der Waals surface area contributed by atoms with Gasteiger partial charge in [-0.25, -0.2) is 4.98 Å². The second-order valence-corrected chi connectivity index (χ2v) is 6.99. The van der Waals surface area contributed by atoms with Crippen LogP contribution in [0.2, 0.25) is 0 Å². The Bertz CT molecular complexity index is 795. The largest absolute Gasteiger partial charge is 0.357 e. The Kier molecular flexibility index (Phi) is 4.65. The summed E-state index contributed by atoms with van der Waals surface area (Å²) in [5.74, 6) is 1.25. The summed E-state index contributed by atoms with van der Waals surface area (Å²) in [5, 5.41) is 4.33. The van der Waals surface area contributed by atoms with Gasteiger partial charge in [-0.05, 0) is 43.5 Å². The smallest absolute Gasteiger partial charge is 0.182 e. The van der Waals surface area contributed by atoms with Crippen molar-refractivity contribution < 1.29 is 4.79 Å². The van der Waals surface area contributed by atoms with Crippen LogP contribution in [0.4, 0.5) is 5.82 Å². The number of carbonyl (C=O) groups is 1. The van der Waals surface area contributed by atoms with Gasteiger partial charge in [-0.1, -0.05) is 12.1 Å². The number of hydrazone groups is 1. The molecule has 2 aromatic rings. The van der Waals surface area contributed by atoms with Crippen LogP contribution in [-0.4, -0.2) is 34.6 Å². The maximum atomic E-state index is 12.9. The molecule has 2 aromatic heterocycles. The van der Waals surface area contributed by atoms with Crippen LogP contribution in [0, 0.1) is 12.8 Å². The van der Waals surface area contributed by atoms with Crippen molar-refractivity contribution in [3.8, 4) is 0 Å². The highest BCUT2D eigenvalue weighted by Gasteiger charge is 2.32. The van der Waals surface area contributed by atoms with Crippen LogP contribution < -0.4 is 10.3 Å². The van der Waals surface area contributed by atoms with Crippen molar-refractivity contribution in [2.45, 2.75) is 32.2 Å². The zero-order valence-corrected chi connectivity index (χ0v) is 14.9. The summed E-state index contributed by atoms with van der Waals surface area (Å²) in [6.07, 6.45) is 6.02. The molecule has 0 aliphatic carbocycles. The monoisotopic (exact) mass is 349 g/mol. The minimum Gasteiger partial charge on any atom is -0.357 e. The summed E-state index contributed by atoms with van der Waals surface area (Å²) in [5.41, 5.74) is 5.84. The lowest BCUT2D eigenvalue weighted by molar-refractivity contribution is -0.117. The summed E-state index contributed by atoms with van der Waals surface area (Å²) in [6.45, 7) is 3.69. The molecule has 1 atom stereocenters. The molecular formula is C20H23N5O. The number of nitrogens with one attached hydrogen (secondary N) is 1. The van der Waals surface area contributed by atoms with Crippen molar-refractivity contribution in [3.05, 3.63) is 54.0 Å². The lowest BCUT2D eigenvalue weighted by Crippen LogP contribution is -2.38. The Morgan fingerprint density at radius 1 is 1.15 bits per heavy atom. The van der Waals surface area contributed by atoms with Gasteiger partial charge in [0.25, 0.3) is 0 Å². The average Bonchev–Trinajstić information content (AvgIpc) is 3.19. The summed E-state index contributed by atoms with van der Waals surface area (Å²) >= 11 is 0. The fourth-order valence-electron chi connectivity index (χ4n) is 3.62. The van der Waals surface area contributed by atoms with Gasteiger partial charge in [-0.15, -0.1) is 0 Å². The molecular weight excluding hydrogens is 326 g/mol. The number of rotatable bonds is 4. The molecule has 4 rings (SSSR count). The Labute approximate surface area is 153 Å². The number of nitrogens with zero attached hydrogens (tertiary/aromatic N) is 4. The van der Waals surface area contributed by atoms with Crippen molar-refractivity contribution in [1.82, 2.24) is 15.4 Å². The number of hydrogen-bond donors (Lipinski definition) is 1. The van der Waals surface area contributed by atoms with E-state index in [1.54, 1.807) is 0 Å². The first kappa shape index (κ1) is 16.7. The quantitative estimate of drug-likeness (QED) is 0.919. The van der Waals surface area contributed by atoms with Crippen LogP contribution in [0.15, 0.2) is 47.8 Å². The van der Waals surface area contributed by atoms with Crippen molar-refractivity contribution in [1.29, 1.82) is 0 Å². The minimum atomic E-state index is 0.0515. The Morgan fingerprint density at radius 2 is 2.00 bits per heavy atom. The second-order valence-electron chi connectivity index (χ2n) is 6.99. The average molecular weight is 349 g/mol. The number of pyridine rings is 2. The molecule has 1 N–H and O–H groups in total. The Hall–Kier alpha value is -2.76. The van der Waals surface area contributed by atoms with E-state index in [9.17, 15) is 4.79 Å². The highest BCUT2D eigenvalue weighted by Crippen LogP contribution is 2.27. The number of ketones is 1. The lowest BCUT2D eigenvalue weighted by atomic mass is 9.88. The van der Waals surface area contributed by atoms with E-state index >= 15 is 0 Å². The van der Waals surface area contributed by atoms with Gasteiger partial charge in [-0.3, -0.25) is 9.78 Å². The van der Waals surface area contributed by atoms with Crippen molar-refractivity contribution in [2.75, 3.05) is 18.0 Å². The SMILES string of the molecule is Cc1ccc(C2CC(C(=O)C3CCN(c4ccccn4)CC3)=NN2)cn1. The van der Waals surface area contributed by atoms with Crippen LogP contribution >= 0.6 is 0 Å². The van der Waals surface area contributed by atoms with Gasteiger partial charge in [0.15, 0.2) is 5.78 Å². The van der Waals surface area contributed by atoms with Gasteiger partial charge >= 0.3 is 0 Å². The van der Waals surface area contributed by atoms with Crippen molar-refractivity contribution in [2.24, 2.45) is 11.0 Å². The first-order valence-electron chi connectivity index (χ1n) is 9.15. The summed E-state index contributed by atoms with van der Waals surface area (Å²) < 4.78 is 0. The highest BCUT2D eigenvalue weighted by atomic mass is 16.1. The second kappa shape index (κ2) is 7.23. The third-order valence-electron chi connectivity index (χ3n) is 5.21. The number of aromatic nitrogens is 2. The first-order valence-corrected chi connectivity index (χ1v) is 9.15. The van der Waals surface area contributed by atoms with Crippen LogP contribution in [0.5, 0.6) is 0 Å². The molecule has 0 bridgehead atoms. The number of piperidine rings is 1. The minimum absolute atomic E-state index is 0.0515. The lowest BCUT2D eigenvalue weighted by Gasteiger charge is -2.32. The molecule has 0 amide bonds. The summed E-state index contributed by atoms with van der Waals surface area (Å²) in [4.78, 5) is 23.8. The third-order valence-corrected chi connectivity index (χ3v) is 5.21. The van der Waals surface area contributed by atoms with Crippen molar-refractivity contribution in [3.63, 3.8) is 0 Å². The molecule has 0 aromatic carbocycles. The zero-order valence-electron chi connectivity index (χ0n) is 14.9. The van der Waals surface area contributed by atoms with E-state index in [0.29, 0.717) is 12.1 Å². The summed E-state index contributed by atoms with van der Waals surface area (Å²) in [6, 6.07) is 10.0. The van der Waals surface area contributed by atoms with Crippen LogP contribution in [0.3, 0.4) is 0 Å². The Morgan fingerprint density at radius 3 is 2.69 bits per heavy atom. The molecule has 2 aliphatic rings. The fraction of sp³-hybridized carbons (Fsp3) is 0.400. The normalized spacial score (nSPS) is 20.6. The topological polar surface area (TPSA) is 70.5 Å². The van der Waals surface area contributed by atoms with Crippen molar-refractivity contribution >= 4 is 17.3 Å². The molecule has 1 saturated heterocycles. The van der Waals surface area contributed by atoms with Crippen LogP contribution in [0.1, 0.15) is 36.6 Å². The molecule has 0 spiro atoms. The van der Waals surface area contributed by atoms with E-state index in [2.05, 4.69) is 25.4 Å². The molecule has 4 heterocycles. The number of Topliss-reactive ketones (excluding diaryl/α,β-unsaturated/α-hetero) is 1. The number of hydrogen-bond acceptors (Lipinski definition) is 6. The fourth-order valence-corrected chi connectivity index (χ4v) is 3.62. The van der Waals surface area contributed by atoms with E-state index < -0.39 is 0 Å². The summed E-state index contributed by atoms with van der Waals surface area (Å²) in [7, 11) is 0. The van der Waals surface area contributed by atoms with Gasteiger partial charge in [0.2, 0.25) is 0 Å². The molecule has 6 nitrogen and oxygen atoms in total. The molecule has 6 heteroatoms. The van der Waals surface area contributed by atoms with E-state index in [1.165, 1.54) is 0 Å². The first-order chi connectivity index (χ1) is 12.7. The number of anilines is 1.